The Balaban J connectivity index is 1.43. The van der Waals surface area contributed by atoms with Gasteiger partial charge in [-0.3, -0.25) is 9.59 Å². The molecule has 0 aliphatic heterocycles. The number of nitrogen functional groups attached to an aromatic ring is 1. The fourth-order valence-corrected chi connectivity index (χ4v) is 3.62. The molecule has 0 bridgehead atoms. The number of benzene rings is 1. The maximum atomic E-state index is 12.7. The van der Waals surface area contributed by atoms with Crippen LogP contribution in [0.2, 0.25) is 0 Å². The molecule has 3 N–H and O–H groups in total. The van der Waals surface area contributed by atoms with E-state index in [0.29, 0.717) is 17.8 Å². The van der Waals surface area contributed by atoms with Crippen LogP contribution < -0.4 is 5.73 Å². The standard InChI is InChI=1S/C21H22N6O3/c1-11-14(12(2)27-21(24-11)25-20(22)26-27)8-9-18(28)30-13(3)19(29)16-10-23-17-7-5-4-6-15(16)17/h4-7,10,13,23H,8-9H2,1-3H3,(H2,22,26)/t13-/m0/s1. The van der Waals surface area contributed by atoms with Crippen LogP contribution >= 0.6 is 0 Å². The number of aryl methyl sites for hydroxylation is 2. The van der Waals surface area contributed by atoms with Crippen LogP contribution in [0.5, 0.6) is 0 Å². The first kappa shape index (κ1) is 19.6. The molecule has 1 aromatic carbocycles. The summed E-state index contributed by atoms with van der Waals surface area (Å²) in [6, 6.07) is 7.50. The minimum absolute atomic E-state index is 0.116. The van der Waals surface area contributed by atoms with E-state index in [-0.39, 0.29) is 18.2 Å². The molecule has 4 aromatic rings. The first-order chi connectivity index (χ1) is 14.3. The summed E-state index contributed by atoms with van der Waals surface area (Å²) in [7, 11) is 0. The molecule has 0 aliphatic carbocycles. The second-order valence-corrected chi connectivity index (χ2v) is 7.19. The van der Waals surface area contributed by atoms with Crippen molar-refractivity contribution in [2.24, 2.45) is 0 Å². The van der Waals surface area contributed by atoms with Crippen molar-refractivity contribution < 1.29 is 14.3 Å². The minimum atomic E-state index is -0.880. The van der Waals surface area contributed by atoms with Gasteiger partial charge in [-0.05, 0) is 38.8 Å². The number of nitrogens with one attached hydrogen (secondary N) is 1. The number of carbonyl (C=O) groups is 2. The van der Waals surface area contributed by atoms with Gasteiger partial charge in [0.25, 0.3) is 5.78 Å². The fraction of sp³-hybridized carbons (Fsp3) is 0.286. The lowest BCUT2D eigenvalue weighted by atomic mass is 10.1. The van der Waals surface area contributed by atoms with E-state index < -0.39 is 12.1 Å². The van der Waals surface area contributed by atoms with E-state index in [4.69, 9.17) is 10.5 Å². The van der Waals surface area contributed by atoms with Crippen molar-refractivity contribution in [3.05, 3.63) is 53.0 Å². The van der Waals surface area contributed by atoms with Gasteiger partial charge in [-0.1, -0.05) is 18.2 Å². The normalized spacial score (nSPS) is 12.4. The van der Waals surface area contributed by atoms with Crippen LogP contribution in [0.3, 0.4) is 0 Å². The summed E-state index contributed by atoms with van der Waals surface area (Å²) < 4.78 is 6.96. The van der Waals surface area contributed by atoms with Gasteiger partial charge in [0.1, 0.15) is 0 Å². The number of fused-ring (bicyclic) bond motifs is 2. The maximum absolute atomic E-state index is 12.7. The highest BCUT2D eigenvalue weighted by atomic mass is 16.5. The Morgan fingerprint density at radius 1 is 1.23 bits per heavy atom. The lowest BCUT2D eigenvalue weighted by molar-refractivity contribution is -0.146. The van der Waals surface area contributed by atoms with Gasteiger partial charge in [0.05, 0.1) is 0 Å². The van der Waals surface area contributed by atoms with E-state index in [1.165, 1.54) is 0 Å². The third-order valence-electron chi connectivity index (χ3n) is 5.18. The van der Waals surface area contributed by atoms with Gasteiger partial charge in [0.15, 0.2) is 6.10 Å². The van der Waals surface area contributed by atoms with Crippen LogP contribution in [0, 0.1) is 13.8 Å². The first-order valence-electron chi connectivity index (χ1n) is 9.63. The molecule has 0 radical (unpaired) electrons. The number of anilines is 1. The monoisotopic (exact) mass is 406 g/mol. The van der Waals surface area contributed by atoms with Gasteiger partial charge in [-0.2, -0.15) is 9.50 Å². The highest BCUT2D eigenvalue weighted by Gasteiger charge is 2.22. The van der Waals surface area contributed by atoms with Crippen molar-refractivity contribution in [1.82, 2.24) is 24.6 Å². The van der Waals surface area contributed by atoms with Gasteiger partial charge in [-0.25, -0.2) is 4.98 Å². The molecule has 3 aromatic heterocycles. The number of nitrogens with zero attached hydrogens (tertiary/aromatic N) is 4. The molecule has 4 rings (SSSR count). The number of para-hydroxylation sites is 1. The van der Waals surface area contributed by atoms with Crippen LogP contribution in [0.4, 0.5) is 5.95 Å². The summed E-state index contributed by atoms with van der Waals surface area (Å²) >= 11 is 0. The Labute approximate surface area is 172 Å². The number of aromatic nitrogens is 5. The Bertz CT molecular complexity index is 1270. The quantitative estimate of drug-likeness (QED) is 0.372. The molecule has 154 valence electrons. The molecule has 1 atom stereocenters. The van der Waals surface area contributed by atoms with Gasteiger partial charge in [0.2, 0.25) is 11.7 Å². The Morgan fingerprint density at radius 2 is 2.00 bits per heavy atom. The molecule has 0 saturated heterocycles. The molecule has 0 spiro atoms. The smallest absolute Gasteiger partial charge is 0.306 e. The zero-order chi connectivity index (χ0) is 21.4. The molecule has 9 nitrogen and oxygen atoms in total. The van der Waals surface area contributed by atoms with Crippen molar-refractivity contribution in [3.63, 3.8) is 0 Å². The van der Waals surface area contributed by atoms with Crippen LogP contribution in [0.15, 0.2) is 30.5 Å². The number of rotatable bonds is 6. The zero-order valence-electron chi connectivity index (χ0n) is 17.0. The summed E-state index contributed by atoms with van der Waals surface area (Å²) in [4.78, 5) is 36.7. The predicted molar refractivity (Wildman–Crippen MR) is 111 cm³/mol. The first-order valence-corrected chi connectivity index (χ1v) is 9.63. The van der Waals surface area contributed by atoms with E-state index >= 15 is 0 Å². The zero-order valence-corrected chi connectivity index (χ0v) is 17.0. The molecule has 0 aliphatic rings. The van der Waals surface area contributed by atoms with Crippen molar-refractivity contribution in [1.29, 1.82) is 0 Å². The molecule has 3 heterocycles. The fourth-order valence-electron chi connectivity index (χ4n) is 3.62. The largest absolute Gasteiger partial charge is 0.454 e. The van der Waals surface area contributed by atoms with Crippen molar-refractivity contribution in [3.8, 4) is 0 Å². The average Bonchev–Trinajstić information content (AvgIpc) is 3.30. The molecule has 30 heavy (non-hydrogen) atoms. The molecule has 0 amide bonds. The van der Waals surface area contributed by atoms with E-state index in [2.05, 4.69) is 20.1 Å². The molecule has 0 unspecified atom stereocenters. The van der Waals surface area contributed by atoms with Crippen molar-refractivity contribution in [2.45, 2.75) is 39.7 Å². The number of hydrogen-bond acceptors (Lipinski definition) is 7. The number of nitrogens with two attached hydrogens (primary N) is 1. The third kappa shape index (κ3) is 3.49. The SMILES string of the molecule is Cc1nc2nc(N)nn2c(C)c1CCC(=O)O[C@@H](C)C(=O)c1c[nH]c2ccccc12. The van der Waals surface area contributed by atoms with Crippen molar-refractivity contribution in [2.75, 3.05) is 5.73 Å². The predicted octanol–water partition coefficient (Wildman–Crippen LogP) is 2.55. The number of ether oxygens (including phenoxy) is 1. The van der Waals surface area contributed by atoms with Gasteiger partial charge < -0.3 is 15.5 Å². The summed E-state index contributed by atoms with van der Waals surface area (Å²) in [5.41, 5.74) is 9.47. The summed E-state index contributed by atoms with van der Waals surface area (Å²) in [6.07, 6.45) is 1.29. The highest BCUT2D eigenvalue weighted by Crippen LogP contribution is 2.21. The van der Waals surface area contributed by atoms with E-state index in [1.807, 2.05) is 38.1 Å². The maximum Gasteiger partial charge on any atom is 0.306 e. The molecular formula is C21H22N6O3. The molecule has 0 fully saturated rings. The molecular weight excluding hydrogens is 384 g/mol. The number of esters is 1. The Kier molecular flexibility index (Phi) is 4.94. The van der Waals surface area contributed by atoms with Crippen LogP contribution in [-0.2, 0) is 16.0 Å². The van der Waals surface area contributed by atoms with Crippen LogP contribution in [0.1, 0.15) is 40.7 Å². The molecule has 0 saturated carbocycles. The Hall–Kier alpha value is -3.75. The summed E-state index contributed by atoms with van der Waals surface area (Å²) in [6.45, 7) is 5.31. The second-order valence-electron chi connectivity index (χ2n) is 7.19. The highest BCUT2D eigenvalue weighted by molar-refractivity contribution is 6.10. The van der Waals surface area contributed by atoms with Gasteiger partial charge in [0, 0.05) is 40.5 Å². The second kappa shape index (κ2) is 7.58. The number of aromatic amines is 1. The summed E-state index contributed by atoms with van der Waals surface area (Å²) in [5, 5.41) is 4.93. The average molecular weight is 406 g/mol. The van der Waals surface area contributed by atoms with Crippen LogP contribution in [-0.4, -0.2) is 42.4 Å². The number of Topliss-reactive ketones (excluding diaryl/α,β-unsaturated/α-hetero) is 1. The number of carbonyl (C=O) groups excluding carboxylic acids is 2. The van der Waals surface area contributed by atoms with E-state index in [0.717, 1.165) is 27.9 Å². The van der Waals surface area contributed by atoms with Crippen molar-refractivity contribution >= 4 is 34.4 Å². The van der Waals surface area contributed by atoms with E-state index in [9.17, 15) is 9.59 Å². The lowest BCUT2D eigenvalue weighted by Crippen LogP contribution is -2.24. The Morgan fingerprint density at radius 3 is 2.80 bits per heavy atom. The minimum Gasteiger partial charge on any atom is -0.454 e. The number of ketones is 1. The lowest BCUT2D eigenvalue weighted by Gasteiger charge is -2.13. The number of hydrogen-bond donors (Lipinski definition) is 2. The van der Waals surface area contributed by atoms with E-state index in [1.54, 1.807) is 17.6 Å². The molecule has 9 heteroatoms. The van der Waals surface area contributed by atoms with Gasteiger partial charge >= 0.3 is 5.97 Å². The number of H-pyrrole nitrogens is 1. The third-order valence-corrected chi connectivity index (χ3v) is 5.18. The van der Waals surface area contributed by atoms with Gasteiger partial charge in [-0.15, -0.1) is 5.10 Å². The summed E-state index contributed by atoms with van der Waals surface area (Å²) in [5.74, 6) is -0.125. The topological polar surface area (TPSA) is 128 Å². The van der Waals surface area contributed by atoms with Crippen LogP contribution in [0.25, 0.3) is 16.7 Å².